The maximum atomic E-state index is 12.7. The number of aromatic nitrogens is 3. The molecule has 3 aromatic rings. The monoisotopic (exact) mass is 503 g/mol. The minimum Gasteiger partial charge on any atom is -0.481 e. The van der Waals surface area contributed by atoms with Gasteiger partial charge in [-0.1, -0.05) is 11.6 Å². The molecule has 0 aliphatic heterocycles. The molecule has 1 saturated carbocycles. The van der Waals surface area contributed by atoms with Crippen LogP contribution in [-0.4, -0.2) is 75.0 Å². The third-order valence-electron chi connectivity index (χ3n) is 5.50. The van der Waals surface area contributed by atoms with E-state index in [1.807, 2.05) is 0 Å². The molecule has 1 aliphatic rings. The molecule has 5 N–H and O–H groups in total. The smallest absolute Gasteiger partial charge is 0.405 e. The van der Waals surface area contributed by atoms with Crippen LogP contribution in [0.5, 0.6) is 5.88 Å². The first kappa shape index (κ1) is 24.3. The first-order valence-corrected chi connectivity index (χ1v) is 10.5. The number of aliphatic hydroxyl groups excluding tert-OH is 3. The molecule has 0 amide bonds. The Balaban J connectivity index is 1.75. The molecule has 4 atom stereocenters. The predicted octanol–water partition coefficient (Wildman–Crippen LogP) is 2.44. The summed E-state index contributed by atoms with van der Waals surface area (Å²) in [6, 6.07) is 2.44. The zero-order valence-corrected chi connectivity index (χ0v) is 18.4. The largest absolute Gasteiger partial charge is 0.481 e. The lowest BCUT2D eigenvalue weighted by molar-refractivity contribution is -0.115. The number of furan rings is 1. The Morgan fingerprint density at radius 3 is 2.65 bits per heavy atom. The molecule has 1 aliphatic carbocycles. The van der Waals surface area contributed by atoms with Crippen LogP contribution in [0, 0.1) is 5.92 Å². The molecule has 3 heterocycles. The second-order valence-corrected chi connectivity index (χ2v) is 8.17. The lowest BCUT2D eigenvalue weighted by atomic mass is 10.1. The van der Waals surface area contributed by atoms with Gasteiger partial charge in [-0.2, -0.15) is 18.2 Å². The molecule has 0 bridgehead atoms. The topological polar surface area (TPSA) is 146 Å². The Labute approximate surface area is 195 Å². The summed E-state index contributed by atoms with van der Waals surface area (Å²) in [4.78, 5) is 12.1. The maximum Gasteiger partial charge on any atom is 0.405 e. The van der Waals surface area contributed by atoms with Crippen molar-refractivity contribution < 1.29 is 37.6 Å². The number of methoxy groups -OCH3 is 1. The molecule has 0 radical (unpaired) electrons. The van der Waals surface area contributed by atoms with Crippen LogP contribution in [0.2, 0.25) is 5.15 Å². The van der Waals surface area contributed by atoms with Crippen LogP contribution in [0.15, 0.2) is 22.7 Å². The van der Waals surface area contributed by atoms with Crippen LogP contribution in [0.3, 0.4) is 0 Å². The maximum absolute atomic E-state index is 12.7. The minimum absolute atomic E-state index is 0.0292. The Morgan fingerprint density at radius 2 is 2.00 bits per heavy atom. The minimum atomic E-state index is -4.52. The van der Waals surface area contributed by atoms with Crippen LogP contribution in [0.4, 0.5) is 24.9 Å². The van der Waals surface area contributed by atoms with Gasteiger partial charge in [0.1, 0.15) is 29.4 Å². The van der Waals surface area contributed by atoms with Crippen molar-refractivity contribution in [3.8, 4) is 17.2 Å². The summed E-state index contributed by atoms with van der Waals surface area (Å²) in [7, 11) is 1.45. The van der Waals surface area contributed by atoms with Gasteiger partial charge in [0.25, 0.3) is 0 Å². The van der Waals surface area contributed by atoms with Gasteiger partial charge in [-0.3, -0.25) is 0 Å². The van der Waals surface area contributed by atoms with Crippen molar-refractivity contribution in [2.45, 2.75) is 30.8 Å². The molecule has 10 nitrogen and oxygen atoms in total. The molecule has 0 aromatic carbocycles. The summed E-state index contributed by atoms with van der Waals surface area (Å²) in [6.45, 7) is -1.75. The molecule has 4 unspecified atom stereocenters. The van der Waals surface area contributed by atoms with Crippen LogP contribution in [0.1, 0.15) is 6.42 Å². The lowest BCUT2D eigenvalue weighted by Gasteiger charge is -2.21. The standard InChI is InChI=1S/C20H21ClF3N5O5/c1-33-13-4-8-3-11(34-12(8)5-25-13)14-17(21)28-19(26-7-20(22,23)24)29-18(14)27-10-2-9(6-30)15(31)16(10)32/h3-5,9-10,15-16,30-32H,2,6-7H2,1H3,(H2,26,27,28,29). The molecular weight excluding hydrogens is 483 g/mol. The Bertz CT molecular complexity index is 1180. The Morgan fingerprint density at radius 1 is 1.24 bits per heavy atom. The van der Waals surface area contributed by atoms with Crippen molar-refractivity contribution in [2.24, 2.45) is 5.92 Å². The van der Waals surface area contributed by atoms with E-state index in [4.69, 9.17) is 20.8 Å². The van der Waals surface area contributed by atoms with Crippen LogP contribution < -0.4 is 15.4 Å². The van der Waals surface area contributed by atoms with Gasteiger partial charge in [-0.05, 0) is 12.5 Å². The van der Waals surface area contributed by atoms with Crippen LogP contribution in [-0.2, 0) is 0 Å². The van der Waals surface area contributed by atoms with E-state index in [1.165, 1.54) is 13.3 Å². The number of alkyl halides is 3. The molecule has 14 heteroatoms. The van der Waals surface area contributed by atoms with Gasteiger partial charge in [0.15, 0.2) is 5.58 Å². The van der Waals surface area contributed by atoms with E-state index in [2.05, 4.69) is 25.6 Å². The quantitative estimate of drug-likeness (QED) is 0.305. The first-order valence-electron chi connectivity index (χ1n) is 10.1. The molecule has 34 heavy (non-hydrogen) atoms. The summed E-state index contributed by atoms with van der Waals surface area (Å²) in [6.07, 6.45) is -5.38. The summed E-state index contributed by atoms with van der Waals surface area (Å²) in [5, 5.41) is 35.3. The second-order valence-electron chi connectivity index (χ2n) is 7.82. The van der Waals surface area contributed by atoms with Crippen molar-refractivity contribution in [2.75, 3.05) is 30.9 Å². The fourth-order valence-corrected chi connectivity index (χ4v) is 4.06. The number of rotatable bonds is 7. The zero-order valence-electron chi connectivity index (χ0n) is 17.7. The van der Waals surface area contributed by atoms with E-state index in [0.717, 1.165) is 0 Å². The number of anilines is 2. The fraction of sp³-hybridized carbons (Fsp3) is 0.450. The summed E-state index contributed by atoms with van der Waals surface area (Å²) in [5.41, 5.74) is 0.511. The van der Waals surface area contributed by atoms with Gasteiger partial charge in [-0.15, -0.1) is 0 Å². The number of nitrogens with zero attached hydrogens (tertiary/aromatic N) is 3. The van der Waals surface area contributed by atoms with Crippen molar-refractivity contribution in [1.29, 1.82) is 0 Å². The predicted molar refractivity (Wildman–Crippen MR) is 116 cm³/mol. The van der Waals surface area contributed by atoms with Gasteiger partial charge < -0.3 is 35.1 Å². The molecule has 3 aromatic heterocycles. The number of ether oxygens (including phenoxy) is 1. The third-order valence-corrected chi connectivity index (χ3v) is 5.78. The first-order chi connectivity index (χ1) is 16.1. The highest BCUT2D eigenvalue weighted by molar-refractivity contribution is 6.32. The van der Waals surface area contributed by atoms with Crippen molar-refractivity contribution in [3.05, 3.63) is 23.5 Å². The van der Waals surface area contributed by atoms with Gasteiger partial charge in [0.2, 0.25) is 11.8 Å². The van der Waals surface area contributed by atoms with Gasteiger partial charge in [-0.25, -0.2) is 9.97 Å². The lowest BCUT2D eigenvalue weighted by Crippen LogP contribution is -2.35. The summed E-state index contributed by atoms with van der Waals surface area (Å²) < 4.78 is 49.0. The molecule has 4 rings (SSSR count). The Kier molecular flexibility index (Phi) is 6.71. The Hall–Kier alpha value is -2.87. The molecule has 0 saturated heterocycles. The van der Waals surface area contributed by atoms with Crippen molar-refractivity contribution in [3.63, 3.8) is 0 Å². The highest BCUT2D eigenvalue weighted by Crippen LogP contribution is 2.39. The summed E-state index contributed by atoms with van der Waals surface area (Å²) >= 11 is 6.35. The number of halogens is 4. The van der Waals surface area contributed by atoms with E-state index in [1.54, 1.807) is 12.1 Å². The van der Waals surface area contributed by atoms with E-state index in [9.17, 15) is 28.5 Å². The highest BCUT2D eigenvalue weighted by atomic mass is 35.5. The number of aliphatic hydroxyl groups is 3. The van der Waals surface area contributed by atoms with E-state index in [-0.39, 0.29) is 35.3 Å². The van der Waals surface area contributed by atoms with Gasteiger partial charge in [0, 0.05) is 24.0 Å². The molecule has 0 spiro atoms. The number of nitrogens with one attached hydrogen (secondary N) is 2. The summed E-state index contributed by atoms with van der Waals surface area (Å²) in [5.74, 6) is -0.504. The number of hydrogen-bond donors (Lipinski definition) is 5. The number of fused-ring (bicyclic) bond motifs is 1. The van der Waals surface area contributed by atoms with Crippen molar-refractivity contribution in [1.82, 2.24) is 15.0 Å². The average Bonchev–Trinajstić information content (AvgIpc) is 3.32. The molecule has 184 valence electrons. The van der Waals surface area contributed by atoms with E-state index in [0.29, 0.717) is 16.8 Å². The van der Waals surface area contributed by atoms with E-state index < -0.39 is 42.8 Å². The molecule has 1 fully saturated rings. The van der Waals surface area contributed by atoms with Crippen LogP contribution >= 0.6 is 11.6 Å². The SMILES string of the molecule is COc1cc2cc(-c3c(Cl)nc(NCC(F)(F)F)nc3NC3CC(CO)C(O)C3O)oc2cn1. The highest BCUT2D eigenvalue weighted by Gasteiger charge is 2.41. The van der Waals surface area contributed by atoms with Gasteiger partial charge in [0.05, 0.1) is 31.0 Å². The van der Waals surface area contributed by atoms with Crippen LogP contribution in [0.25, 0.3) is 22.3 Å². The van der Waals surface area contributed by atoms with Crippen molar-refractivity contribution >= 4 is 34.3 Å². The molecular formula is C20H21ClF3N5O5. The zero-order chi connectivity index (χ0) is 24.6. The average molecular weight is 504 g/mol. The fourth-order valence-electron chi connectivity index (χ4n) is 3.80. The van der Waals surface area contributed by atoms with E-state index >= 15 is 0 Å². The number of hydrogen-bond acceptors (Lipinski definition) is 10. The second kappa shape index (κ2) is 9.41. The normalized spacial score (nSPS) is 22.8. The van der Waals surface area contributed by atoms with Gasteiger partial charge >= 0.3 is 6.18 Å². The number of pyridine rings is 1. The third kappa shape index (κ3) is 4.97.